The number of hydrogen-bond acceptors (Lipinski definition) is 4. The Labute approximate surface area is 108 Å². The quantitative estimate of drug-likeness (QED) is 0.878. The van der Waals surface area contributed by atoms with E-state index in [0.717, 1.165) is 6.42 Å². The topological polar surface area (TPSA) is 76.3 Å². The van der Waals surface area contributed by atoms with Crippen LogP contribution in [0.1, 0.15) is 20.3 Å². The van der Waals surface area contributed by atoms with Crippen LogP contribution in [0, 0.1) is 11.8 Å². The van der Waals surface area contributed by atoms with E-state index >= 15 is 0 Å². The summed E-state index contributed by atoms with van der Waals surface area (Å²) in [5.74, 6) is 0.738. The van der Waals surface area contributed by atoms with E-state index in [0.29, 0.717) is 24.9 Å². The average molecular weight is 269 g/mol. The zero-order valence-electron chi connectivity index (χ0n) is 10.7. The maximum absolute atomic E-state index is 12.5. The first-order valence-corrected chi connectivity index (χ1v) is 7.56. The fourth-order valence-electron chi connectivity index (χ4n) is 2.54. The monoisotopic (exact) mass is 269 g/mol. The second-order valence-corrected chi connectivity index (χ2v) is 7.02. The van der Waals surface area contributed by atoms with Crippen molar-refractivity contribution >= 4 is 15.7 Å². The molecule has 0 saturated carbocycles. The van der Waals surface area contributed by atoms with Gasteiger partial charge >= 0.3 is 0 Å². The van der Waals surface area contributed by atoms with Crippen molar-refractivity contribution < 1.29 is 8.42 Å². The Balaban J connectivity index is 2.34. The number of anilines is 1. The molecule has 2 heterocycles. The Morgan fingerprint density at radius 1 is 1.33 bits per heavy atom. The van der Waals surface area contributed by atoms with Crippen LogP contribution in [-0.4, -0.2) is 30.8 Å². The molecule has 1 fully saturated rings. The molecule has 0 amide bonds. The molecule has 1 saturated heterocycles. The van der Waals surface area contributed by atoms with Crippen molar-refractivity contribution in [2.45, 2.75) is 25.3 Å². The molecule has 2 N–H and O–H groups in total. The van der Waals surface area contributed by atoms with Gasteiger partial charge in [0, 0.05) is 19.3 Å². The van der Waals surface area contributed by atoms with Gasteiger partial charge in [-0.05, 0) is 30.4 Å². The predicted molar refractivity (Wildman–Crippen MR) is 70.4 cm³/mol. The fourth-order valence-corrected chi connectivity index (χ4v) is 4.25. The average Bonchev–Trinajstić information content (AvgIpc) is 2.28. The van der Waals surface area contributed by atoms with Gasteiger partial charge in [0.25, 0.3) is 10.0 Å². The van der Waals surface area contributed by atoms with Gasteiger partial charge in [0.2, 0.25) is 0 Å². The molecule has 1 aromatic heterocycles. The standard InChI is InChI=1S/C12H19N3O2S/c1-9-6-10(2)8-15(7-9)18(16,17)12-11(13)4-3-5-14-12/h3-5,9-10H,6-8,13H2,1-2H3. The maximum Gasteiger partial charge on any atom is 0.262 e. The highest BCUT2D eigenvalue weighted by Gasteiger charge is 2.33. The molecule has 0 aromatic carbocycles. The predicted octanol–water partition coefficient (Wildman–Crippen LogP) is 1.33. The third-order valence-electron chi connectivity index (χ3n) is 3.22. The van der Waals surface area contributed by atoms with Crippen molar-refractivity contribution in [1.29, 1.82) is 0 Å². The second kappa shape index (κ2) is 4.85. The molecule has 0 radical (unpaired) electrons. The number of rotatable bonds is 2. The lowest BCUT2D eigenvalue weighted by Gasteiger charge is -2.33. The Morgan fingerprint density at radius 3 is 2.50 bits per heavy atom. The smallest absolute Gasteiger partial charge is 0.262 e. The SMILES string of the molecule is CC1CC(C)CN(S(=O)(=O)c2ncccc2N)C1. The Morgan fingerprint density at radius 2 is 1.94 bits per heavy atom. The fraction of sp³-hybridized carbons (Fsp3) is 0.583. The normalized spacial score (nSPS) is 26.1. The summed E-state index contributed by atoms with van der Waals surface area (Å²) in [5, 5.41) is -0.0219. The van der Waals surface area contributed by atoms with Crippen LogP contribution < -0.4 is 5.73 Å². The molecule has 2 atom stereocenters. The molecule has 0 spiro atoms. The first-order chi connectivity index (χ1) is 8.41. The van der Waals surface area contributed by atoms with E-state index in [1.54, 1.807) is 12.1 Å². The van der Waals surface area contributed by atoms with E-state index in [2.05, 4.69) is 18.8 Å². The van der Waals surface area contributed by atoms with Gasteiger partial charge in [0.1, 0.15) is 0 Å². The van der Waals surface area contributed by atoms with Crippen LogP contribution in [0.25, 0.3) is 0 Å². The number of pyridine rings is 1. The number of hydrogen-bond donors (Lipinski definition) is 1. The zero-order valence-corrected chi connectivity index (χ0v) is 11.5. The molecular formula is C12H19N3O2S. The minimum absolute atomic E-state index is 0.0219. The van der Waals surface area contributed by atoms with Gasteiger partial charge in [-0.25, -0.2) is 13.4 Å². The summed E-state index contributed by atoms with van der Waals surface area (Å²) in [6, 6.07) is 3.20. The third-order valence-corrected chi connectivity index (χ3v) is 5.03. The van der Waals surface area contributed by atoms with Gasteiger partial charge in [-0.1, -0.05) is 13.8 Å². The van der Waals surface area contributed by atoms with Gasteiger partial charge in [-0.2, -0.15) is 4.31 Å². The molecule has 0 bridgehead atoms. The van der Waals surface area contributed by atoms with Gasteiger partial charge in [-0.15, -0.1) is 0 Å². The molecule has 100 valence electrons. The Hall–Kier alpha value is -1.14. The van der Waals surface area contributed by atoms with Crippen molar-refractivity contribution in [2.75, 3.05) is 18.8 Å². The van der Waals surface area contributed by atoms with Gasteiger partial charge in [0.15, 0.2) is 5.03 Å². The van der Waals surface area contributed by atoms with Gasteiger partial charge in [0.05, 0.1) is 5.69 Å². The lowest BCUT2D eigenvalue weighted by Crippen LogP contribution is -2.42. The third kappa shape index (κ3) is 2.49. The van der Waals surface area contributed by atoms with Crippen LogP contribution in [0.4, 0.5) is 5.69 Å². The van der Waals surface area contributed by atoms with Gasteiger partial charge < -0.3 is 5.73 Å². The highest BCUT2D eigenvalue weighted by Crippen LogP contribution is 2.27. The zero-order chi connectivity index (χ0) is 13.3. The number of sulfonamides is 1. The van der Waals surface area contributed by atoms with Crippen molar-refractivity contribution in [2.24, 2.45) is 11.8 Å². The highest BCUT2D eigenvalue weighted by atomic mass is 32.2. The van der Waals surface area contributed by atoms with Crippen LogP contribution in [0.5, 0.6) is 0 Å². The molecule has 2 rings (SSSR count). The van der Waals surface area contributed by atoms with Crippen molar-refractivity contribution in [3.8, 4) is 0 Å². The van der Waals surface area contributed by atoms with E-state index in [-0.39, 0.29) is 10.7 Å². The van der Waals surface area contributed by atoms with Crippen molar-refractivity contribution in [1.82, 2.24) is 9.29 Å². The molecule has 0 aliphatic carbocycles. The largest absolute Gasteiger partial charge is 0.396 e. The van der Waals surface area contributed by atoms with Crippen molar-refractivity contribution in [3.63, 3.8) is 0 Å². The molecule has 1 aliphatic rings. The lowest BCUT2D eigenvalue weighted by atomic mass is 9.94. The molecule has 1 aromatic rings. The maximum atomic E-state index is 12.5. The summed E-state index contributed by atoms with van der Waals surface area (Å²) in [4.78, 5) is 3.92. The van der Waals surface area contributed by atoms with Crippen LogP contribution in [0.15, 0.2) is 23.4 Å². The van der Waals surface area contributed by atoms with Crippen LogP contribution in [0.3, 0.4) is 0 Å². The van der Waals surface area contributed by atoms with E-state index in [1.165, 1.54) is 10.5 Å². The highest BCUT2D eigenvalue weighted by molar-refractivity contribution is 7.89. The minimum Gasteiger partial charge on any atom is -0.396 e. The number of nitrogens with zero attached hydrogens (tertiary/aromatic N) is 2. The summed E-state index contributed by atoms with van der Waals surface area (Å²) < 4.78 is 26.5. The Kier molecular flexibility index (Phi) is 3.59. The lowest BCUT2D eigenvalue weighted by molar-refractivity contribution is 0.222. The molecular weight excluding hydrogens is 250 g/mol. The van der Waals surface area contributed by atoms with Gasteiger partial charge in [-0.3, -0.25) is 0 Å². The van der Waals surface area contributed by atoms with E-state index < -0.39 is 10.0 Å². The summed E-state index contributed by atoms with van der Waals surface area (Å²) in [6.45, 7) is 5.23. The van der Waals surface area contributed by atoms with Crippen LogP contribution >= 0.6 is 0 Å². The minimum atomic E-state index is -3.56. The first kappa shape index (κ1) is 13.3. The van der Waals surface area contributed by atoms with E-state index in [9.17, 15) is 8.42 Å². The number of nitrogen functional groups attached to an aromatic ring is 1. The summed E-state index contributed by atoms with van der Waals surface area (Å²) in [7, 11) is -3.56. The van der Waals surface area contributed by atoms with Crippen molar-refractivity contribution in [3.05, 3.63) is 18.3 Å². The molecule has 2 unspecified atom stereocenters. The molecule has 6 heteroatoms. The summed E-state index contributed by atoms with van der Waals surface area (Å²) >= 11 is 0. The number of nitrogens with two attached hydrogens (primary N) is 1. The molecule has 1 aliphatic heterocycles. The molecule has 18 heavy (non-hydrogen) atoms. The first-order valence-electron chi connectivity index (χ1n) is 6.12. The van der Waals surface area contributed by atoms with Crippen LogP contribution in [0.2, 0.25) is 0 Å². The summed E-state index contributed by atoms with van der Waals surface area (Å²) in [6.07, 6.45) is 2.52. The van der Waals surface area contributed by atoms with Crippen LogP contribution in [-0.2, 0) is 10.0 Å². The van der Waals surface area contributed by atoms with E-state index in [1.807, 2.05) is 0 Å². The summed E-state index contributed by atoms with van der Waals surface area (Å²) in [5.41, 5.74) is 5.93. The number of piperidine rings is 1. The van der Waals surface area contributed by atoms with E-state index in [4.69, 9.17) is 5.73 Å². The number of aromatic nitrogens is 1. The molecule has 5 nitrogen and oxygen atoms in total. The Bertz CT molecular complexity index is 520. The second-order valence-electron chi connectivity index (χ2n) is 5.17.